The van der Waals surface area contributed by atoms with Gasteiger partial charge in [0.1, 0.15) is 11.3 Å². The Kier molecular flexibility index (Phi) is 4.34. The summed E-state index contributed by atoms with van der Waals surface area (Å²) in [7, 11) is 0. The van der Waals surface area contributed by atoms with Crippen molar-refractivity contribution in [2.45, 2.75) is 26.1 Å². The van der Waals surface area contributed by atoms with Crippen LogP contribution < -0.4 is 10.4 Å². The van der Waals surface area contributed by atoms with Crippen LogP contribution in [-0.4, -0.2) is 42.7 Å². The molecule has 0 saturated carbocycles. The number of fused-ring (bicyclic) bond motifs is 1. The number of carbonyl (C=O) groups excluding carboxylic acids is 1. The fourth-order valence-electron chi connectivity index (χ4n) is 2.75. The fourth-order valence-corrected chi connectivity index (χ4v) is 2.75. The predicted molar refractivity (Wildman–Crippen MR) is 84.6 cm³/mol. The monoisotopic (exact) mass is 317 g/mol. The van der Waals surface area contributed by atoms with Gasteiger partial charge < -0.3 is 18.8 Å². The lowest BCUT2D eigenvalue weighted by molar-refractivity contribution is -0.145. The molecular weight excluding hydrogens is 298 g/mol. The van der Waals surface area contributed by atoms with Crippen LogP contribution in [0.3, 0.4) is 0 Å². The molecule has 6 nitrogen and oxygen atoms in total. The lowest BCUT2D eigenvalue weighted by Gasteiger charge is -2.35. The number of morpholine rings is 1. The summed E-state index contributed by atoms with van der Waals surface area (Å²) in [6, 6.07) is 8.21. The second-order valence-electron chi connectivity index (χ2n) is 5.80. The van der Waals surface area contributed by atoms with Crippen molar-refractivity contribution < 1.29 is 18.7 Å². The van der Waals surface area contributed by atoms with Crippen molar-refractivity contribution in [2.24, 2.45) is 0 Å². The van der Waals surface area contributed by atoms with E-state index in [1.54, 1.807) is 29.2 Å². The summed E-state index contributed by atoms with van der Waals surface area (Å²) in [5, 5.41) is 0.805. The lowest BCUT2D eigenvalue weighted by atomic mass is 10.2. The average molecular weight is 317 g/mol. The van der Waals surface area contributed by atoms with Gasteiger partial charge >= 0.3 is 5.63 Å². The third kappa shape index (κ3) is 3.71. The Bertz CT molecular complexity index is 759. The van der Waals surface area contributed by atoms with Gasteiger partial charge in [0.15, 0.2) is 6.61 Å². The Labute approximate surface area is 133 Å². The third-order valence-corrected chi connectivity index (χ3v) is 3.73. The Hall–Kier alpha value is -2.34. The molecule has 3 rings (SSSR count). The highest BCUT2D eigenvalue weighted by atomic mass is 16.5. The van der Waals surface area contributed by atoms with Gasteiger partial charge in [-0.25, -0.2) is 4.79 Å². The maximum Gasteiger partial charge on any atom is 0.336 e. The van der Waals surface area contributed by atoms with Crippen molar-refractivity contribution in [1.29, 1.82) is 0 Å². The molecule has 0 radical (unpaired) electrons. The van der Waals surface area contributed by atoms with E-state index in [4.69, 9.17) is 13.9 Å². The van der Waals surface area contributed by atoms with Crippen molar-refractivity contribution in [3.05, 3.63) is 40.8 Å². The van der Waals surface area contributed by atoms with Crippen molar-refractivity contribution >= 4 is 16.9 Å². The fraction of sp³-hybridized carbons (Fsp3) is 0.412. The van der Waals surface area contributed by atoms with Gasteiger partial charge in [0.2, 0.25) is 0 Å². The first-order valence-corrected chi connectivity index (χ1v) is 7.61. The molecule has 0 bridgehead atoms. The molecule has 2 atom stereocenters. The molecular formula is C17H19NO5. The van der Waals surface area contributed by atoms with Crippen LogP contribution in [0.5, 0.6) is 5.75 Å². The Morgan fingerprint density at radius 2 is 1.91 bits per heavy atom. The molecule has 1 aromatic heterocycles. The van der Waals surface area contributed by atoms with E-state index in [0.717, 1.165) is 5.39 Å². The summed E-state index contributed by atoms with van der Waals surface area (Å²) in [5.41, 5.74) is 0.0260. The van der Waals surface area contributed by atoms with E-state index in [1.165, 1.54) is 6.07 Å². The highest BCUT2D eigenvalue weighted by molar-refractivity contribution is 5.79. The Morgan fingerprint density at radius 3 is 2.65 bits per heavy atom. The molecule has 1 saturated heterocycles. The van der Waals surface area contributed by atoms with E-state index in [-0.39, 0.29) is 24.7 Å². The average Bonchev–Trinajstić information content (AvgIpc) is 2.51. The van der Waals surface area contributed by atoms with Gasteiger partial charge in [-0.2, -0.15) is 0 Å². The van der Waals surface area contributed by atoms with Crippen LogP contribution in [0.2, 0.25) is 0 Å². The lowest BCUT2D eigenvalue weighted by Crippen LogP contribution is -2.49. The SMILES string of the molecule is C[C@@H]1CN(C(=O)COc2ccc3ccc(=O)oc3c2)C[C@@H](C)O1. The molecule has 23 heavy (non-hydrogen) atoms. The van der Waals surface area contributed by atoms with Crippen LogP contribution in [0, 0.1) is 0 Å². The second-order valence-corrected chi connectivity index (χ2v) is 5.80. The van der Waals surface area contributed by atoms with Gasteiger partial charge in [-0.15, -0.1) is 0 Å². The summed E-state index contributed by atoms with van der Waals surface area (Å²) >= 11 is 0. The predicted octanol–water partition coefficient (Wildman–Crippen LogP) is 1.81. The topological polar surface area (TPSA) is 69.0 Å². The van der Waals surface area contributed by atoms with Crippen molar-refractivity contribution in [1.82, 2.24) is 4.90 Å². The number of rotatable bonds is 3. The minimum atomic E-state index is -0.415. The highest BCUT2D eigenvalue weighted by Crippen LogP contribution is 2.19. The molecule has 0 spiro atoms. The molecule has 1 amide bonds. The second kappa shape index (κ2) is 6.42. The van der Waals surface area contributed by atoms with Gasteiger partial charge in [-0.1, -0.05) is 0 Å². The van der Waals surface area contributed by atoms with E-state index in [9.17, 15) is 9.59 Å². The molecule has 122 valence electrons. The van der Waals surface area contributed by atoms with E-state index >= 15 is 0 Å². The summed E-state index contributed by atoms with van der Waals surface area (Å²) in [6.07, 6.45) is 0.0512. The number of benzene rings is 1. The van der Waals surface area contributed by atoms with Crippen LogP contribution in [0.4, 0.5) is 0 Å². The Balaban J connectivity index is 1.65. The summed E-state index contributed by atoms with van der Waals surface area (Å²) in [5.74, 6) is 0.413. The molecule has 1 fully saturated rings. The summed E-state index contributed by atoms with van der Waals surface area (Å²) in [4.78, 5) is 25.3. The molecule has 0 aliphatic carbocycles. The molecule has 1 aliphatic heterocycles. The van der Waals surface area contributed by atoms with Crippen molar-refractivity contribution in [3.63, 3.8) is 0 Å². The Morgan fingerprint density at radius 1 is 1.22 bits per heavy atom. The van der Waals surface area contributed by atoms with Gasteiger partial charge in [-0.05, 0) is 32.0 Å². The molecule has 2 aromatic rings. The van der Waals surface area contributed by atoms with Gasteiger partial charge in [-0.3, -0.25) is 4.79 Å². The minimum Gasteiger partial charge on any atom is -0.484 e. The maximum atomic E-state index is 12.3. The van der Waals surface area contributed by atoms with Crippen LogP contribution in [0.15, 0.2) is 39.5 Å². The number of hydrogen-bond acceptors (Lipinski definition) is 5. The van der Waals surface area contributed by atoms with E-state index in [1.807, 2.05) is 13.8 Å². The molecule has 0 N–H and O–H groups in total. The van der Waals surface area contributed by atoms with Crippen LogP contribution in [0.1, 0.15) is 13.8 Å². The summed E-state index contributed by atoms with van der Waals surface area (Å²) < 4.78 is 16.3. The number of nitrogens with zero attached hydrogens (tertiary/aromatic N) is 1. The summed E-state index contributed by atoms with van der Waals surface area (Å²) in [6.45, 7) is 4.98. The number of ether oxygens (including phenoxy) is 2. The van der Waals surface area contributed by atoms with Crippen LogP contribution >= 0.6 is 0 Å². The minimum absolute atomic E-state index is 0.0256. The quantitative estimate of drug-likeness (QED) is 0.808. The van der Waals surface area contributed by atoms with Gasteiger partial charge in [0.05, 0.1) is 12.2 Å². The largest absolute Gasteiger partial charge is 0.484 e. The van der Waals surface area contributed by atoms with Crippen molar-refractivity contribution in [2.75, 3.05) is 19.7 Å². The molecule has 6 heteroatoms. The van der Waals surface area contributed by atoms with E-state index in [2.05, 4.69) is 0 Å². The molecule has 1 aliphatic rings. The van der Waals surface area contributed by atoms with E-state index in [0.29, 0.717) is 24.4 Å². The van der Waals surface area contributed by atoms with Gasteiger partial charge in [0, 0.05) is 30.6 Å². The zero-order valence-corrected chi connectivity index (χ0v) is 13.2. The number of carbonyl (C=O) groups is 1. The zero-order valence-electron chi connectivity index (χ0n) is 13.2. The molecule has 0 unspecified atom stereocenters. The van der Waals surface area contributed by atoms with Crippen molar-refractivity contribution in [3.8, 4) is 5.75 Å². The van der Waals surface area contributed by atoms with Crippen LogP contribution in [0.25, 0.3) is 11.0 Å². The first kappa shape index (κ1) is 15.6. The number of hydrogen-bond donors (Lipinski definition) is 0. The zero-order chi connectivity index (χ0) is 16.4. The standard InChI is InChI=1S/C17H19NO5/c1-11-8-18(9-12(2)22-11)16(19)10-21-14-5-3-13-4-6-17(20)23-15(13)7-14/h3-7,11-12H,8-10H2,1-2H3/t11-,12-/m1/s1. The molecule has 1 aromatic carbocycles. The highest BCUT2D eigenvalue weighted by Gasteiger charge is 2.25. The first-order valence-electron chi connectivity index (χ1n) is 7.61. The smallest absolute Gasteiger partial charge is 0.336 e. The van der Waals surface area contributed by atoms with Crippen LogP contribution in [-0.2, 0) is 9.53 Å². The maximum absolute atomic E-state index is 12.3. The normalized spacial score (nSPS) is 21.4. The van der Waals surface area contributed by atoms with Gasteiger partial charge in [0.25, 0.3) is 5.91 Å². The third-order valence-electron chi connectivity index (χ3n) is 3.73. The number of amides is 1. The van der Waals surface area contributed by atoms with E-state index < -0.39 is 5.63 Å². The molecule has 2 heterocycles. The first-order chi connectivity index (χ1) is 11.0.